The normalized spacial score (nSPS) is 11.0. The van der Waals surface area contributed by atoms with Crippen molar-refractivity contribution < 1.29 is 18.7 Å². The van der Waals surface area contributed by atoms with Crippen LogP contribution in [-0.4, -0.2) is 30.1 Å². The van der Waals surface area contributed by atoms with Gasteiger partial charge in [0.2, 0.25) is 5.91 Å². The van der Waals surface area contributed by atoms with Gasteiger partial charge < -0.3 is 14.5 Å². The minimum absolute atomic E-state index is 0.126. The van der Waals surface area contributed by atoms with E-state index in [2.05, 4.69) is 20.8 Å². The zero-order chi connectivity index (χ0) is 27.7. The lowest BCUT2D eigenvalue weighted by atomic mass is 10.1. The first-order valence-corrected chi connectivity index (χ1v) is 13.5. The highest BCUT2D eigenvalue weighted by Crippen LogP contribution is 2.30. The molecule has 200 valence electrons. The minimum atomic E-state index is -0.362. The standard InChI is InChI=1S/C31H26N4O4S/c1-38-27-16-11-22(17-24(27)20-40-31-34-26-9-5-6-10-28(26)39-31)19-32-35-30(37)23-12-14-25(15-13-23)33-29(36)18-21-7-3-2-4-8-21/h2-17,19H,18,20H2,1H3,(H,33,36)(H,35,37)/b32-19+. The van der Waals surface area contributed by atoms with Crippen molar-refractivity contribution in [2.24, 2.45) is 5.10 Å². The van der Waals surface area contributed by atoms with E-state index < -0.39 is 0 Å². The summed E-state index contributed by atoms with van der Waals surface area (Å²) in [5, 5.41) is 7.53. The van der Waals surface area contributed by atoms with Crippen molar-refractivity contribution >= 4 is 46.6 Å². The zero-order valence-electron chi connectivity index (χ0n) is 21.7. The second-order valence-corrected chi connectivity index (χ2v) is 9.72. The topological polar surface area (TPSA) is 106 Å². The maximum atomic E-state index is 12.6. The van der Waals surface area contributed by atoms with Crippen LogP contribution in [0.3, 0.4) is 0 Å². The van der Waals surface area contributed by atoms with E-state index in [-0.39, 0.29) is 18.2 Å². The van der Waals surface area contributed by atoms with E-state index in [0.29, 0.717) is 22.2 Å². The molecule has 2 amide bonds. The number of rotatable bonds is 10. The fourth-order valence-corrected chi connectivity index (χ4v) is 4.78. The summed E-state index contributed by atoms with van der Waals surface area (Å²) in [6.07, 6.45) is 1.85. The SMILES string of the molecule is COc1ccc(/C=N/NC(=O)c2ccc(NC(=O)Cc3ccccc3)cc2)cc1CSc1nc2ccccc2o1. The van der Waals surface area contributed by atoms with E-state index in [0.717, 1.165) is 33.5 Å². The summed E-state index contributed by atoms with van der Waals surface area (Å²) in [4.78, 5) is 29.3. The number of amides is 2. The summed E-state index contributed by atoms with van der Waals surface area (Å²) < 4.78 is 11.3. The molecule has 2 N–H and O–H groups in total. The van der Waals surface area contributed by atoms with Crippen LogP contribution in [-0.2, 0) is 17.0 Å². The summed E-state index contributed by atoms with van der Waals surface area (Å²) in [6, 6.07) is 29.4. The zero-order valence-corrected chi connectivity index (χ0v) is 22.5. The first-order valence-electron chi connectivity index (χ1n) is 12.5. The maximum Gasteiger partial charge on any atom is 0.271 e. The molecule has 1 aromatic heterocycles. The Morgan fingerprint density at radius 1 is 0.975 bits per heavy atom. The third-order valence-corrected chi connectivity index (χ3v) is 6.82. The molecule has 0 aliphatic rings. The minimum Gasteiger partial charge on any atom is -0.496 e. The molecule has 0 bridgehead atoms. The number of nitrogens with one attached hydrogen (secondary N) is 2. The molecule has 0 aliphatic heterocycles. The number of anilines is 1. The van der Waals surface area contributed by atoms with Gasteiger partial charge in [-0.3, -0.25) is 9.59 Å². The summed E-state index contributed by atoms with van der Waals surface area (Å²) in [6.45, 7) is 0. The Morgan fingerprint density at radius 2 is 1.75 bits per heavy atom. The number of thioether (sulfide) groups is 1. The smallest absolute Gasteiger partial charge is 0.271 e. The molecule has 5 rings (SSSR count). The Hall–Kier alpha value is -4.89. The van der Waals surface area contributed by atoms with Gasteiger partial charge in [-0.25, -0.2) is 10.4 Å². The Morgan fingerprint density at radius 3 is 2.52 bits per heavy atom. The van der Waals surface area contributed by atoms with Crippen LogP contribution in [0, 0.1) is 0 Å². The summed E-state index contributed by atoms with van der Waals surface area (Å²) in [5.41, 5.74) is 7.81. The number of fused-ring (bicyclic) bond motifs is 1. The fraction of sp³-hybridized carbons (Fsp3) is 0.0968. The Balaban J connectivity index is 1.15. The largest absolute Gasteiger partial charge is 0.496 e. The molecule has 4 aromatic carbocycles. The maximum absolute atomic E-state index is 12.6. The quantitative estimate of drug-likeness (QED) is 0.124. The van der Waals surface area contributed by atoms with Gasteiger partial charge in [-0.05, 0) is 65.7 Å². The van der Waals surface area contributed by atoms with E-state index in [9.17, 15) is 9.59 Å². The summed E-state index contributed by atoms with van der Waals surface area (Å²) in [5.74, 6) is 0.830. The highest BCUT2D eigenvalue weighted by molar-refractivity contribution is 7.98. The molecule has 0 atom stereocenters. The summed E-state index contributed by atoms with van der Waals surface area (Å²) >= 11 is 1.47. The third-order valence-electron chi connectivity index (χ3n) is 5.95. The number of ether oxygens (including phenoxy) is 1. The molecule has 5 aromatic rings. The second kappa shape index (κ2) is 12.8. The molecule has 0 spiro atoms. The predicted molar refractivity (Wildman–Crippen MR) is 157 cm³/mol. The van der Waals surface area contributed by atoms with Crippen LogP contribution >= 0.6 is 11.8 Å². The average molecular weight is 551 g/mol. The van der Waals surface area contributed by atoms with Crippen LogP contribution < -0.4 is 15.5 Å². The molecule has 1 heterocycles. The van der Waals surface area contributed by atoms with Crippen LogP contribution in [0.5, 0.6) is 5.75 Å². The van der Waals surface area contributed by atoms with Crippen molar-refractivity contribution in [3.63, 3.8) is 0 Å². The number of para-hydroxylation sites is 2. The van der Waals surface area contributed by atoms with Gasteiger partial charge in [0, 0.05) is 22.6 Å². The number of hydrazone groups is 1. The van der Waals surface area contributed by atoms with Crippen molar-refractivity contribution in [3.8, 4) is 5.75 Å². The fourth-order valence-electron chi connectivity index (χ4n) is 3.97. The molecule has 0 saturated heterocycles. The number of carbonyl (C=O) groups excluding carboxylic acids is 2. The number of methoxy groups -OCH3 is 1. The van der Waals surface area contributed by atoms with E-state index in [4.69, 9.17) is 9.15 Å². The number of aromatic nitrogens is 1. The number of nitrogens with zero attached hydrogens (tertiary/aromatic N) is 2. The van der Waals surface area contributed by atoms with Crippen molar-refractivity contribution in [1.29, 1.82) is 0 Å². The Bertz CT molecular complexity index is 1620. The molecular formula is C31H26N4O4S. The molecule has 0 fully saturated rings. The molecule has 40 heavy (non-hydrogen) atoms. The van der Waals surface area contributed by atoms with Crippen LogP contribution in [0.2, 0.25) is 0 Å². The molecule has 0 saturated carbocycles. The van der Waals surface area contributed by atoms with Gasteiger partial charge in [0.1, 0.15) is 11.3 Å². The molecule has 0 unspecified atom stereocenters. The number of hydrogen-bond donors (Lipinski definition) is 2. The van der Waals surface area contributed by atoms with Gasteiger partial charge in [-0.2, -0.15) is 5.10 Å². The number of benzene rings is 4. The highest BCUT2D eigenvalue weighted by atomic mass is 32.2. The second-order valence-electron chi connectivity index (χ2n) is 8.79. The monoisotopic (exact) mass is 550 g/mol. The Kier molecular flexibility index (Phi) is 8.53. The molecule has 9 heteroatoms. The number of hydrogen-bond acceptors (Lipinski definition) is 7. The van der Waals surface area contributed by atoms with E-state index in [1.165, 1.54) is 11.8 Å². The van der Waals surface area contributed by atoms with E-state index in [1.807, 2.05) is 72.8 Å². The molecular weight excluding hydrogens is 524 g/mol. The van der Waals surface area contributed by atoms with Crippen molar-refractivity contribution in [3.05, 3.63) is 119 Å². The average Bonchev–Trinajstić information content (AvgIpc) is 3.40. The van der Waals surface area contributed by atoms with E-state index in [1.54, 1.807) is 37.6 Å². The molecule has 8 nitrogen and oxygen atoms in total. The first kappa shape index (κ1) is 26.7. The third kappa shape index (κ3) is 6.95. The van der Waals surface area contributed by atoms with Crippen LogP contribution in [0.4, 0.5) is 5.69 Å². The van der Waals surface area contributed by atoms with E-state index >= 15 is 0 Å². The molecule has 0 aliphatic carbocycles. The van der Waals surface area contributed by atoms with Gasteiger partial charge in [0.25, 0.3) is 11.1 Å². The van der Waals surface area contributed by atoms with Crippen LogP contribution in [0.15, 0.2) is 112 Å². The lowest BCUT2D eigenvalue weighted by Gasteiger charge is -2.08. The highest BCUT2D eigenvalue weighted by Gasteiger charge is 2.10. The first-order chi connectivity index (χ1) is 19.6. The van der Waals surface area contributed by atoms with Crippen molar-refractivity contribution in [2.75, 3.05) is 12.4 Å². The van der Waals surface area contributed by atoms with Crippen molar-refractivity contribution in [1.82, 2.24) is 10.4 Å². The van der Waals surface area contributed by atoms with Gasteiger partial charge in [0.15, 0.2) is 5.58 Å². The van der Waals surface area contributed by atoms with Gasteiger partial charge in [0.05, 0.1) is 19.7 Å². The van der Waals surface area contributed by atoms with Gasteiger partial charge in [-0.1, -0.05) is 54.2 Å². The number of carbonyl (C=O) groups is 2. The lowest BCUT2D eigenvalue weighted by molar-refractivity contribution is -0.115. The molecule has 0 radical (unpaired) electrons. The van der Waals surface area contributed by atoms with Crippen LogP contribution in [0.1, 0.15) is 27.0 Å². The summed E-state index contributed by atoms with van der Waals surface area (Å²) in [7, 11) is 1.62. The van der Waals surface area contributed by atoms with Gasteiger partial charge >= 0.3 is 0 Å². The van der Waals surface area contributed by atoms with Gasteiger partial charge in [-0.15, -0.1) is 0 Å². The van der Waals surface area contributed by atoms with Crippen molar-refractivity contribution in [2.45, 2.75) is 17.4 Å². The number of oxazole rings is 1. The lowest BCUT2D eigenvalue weighted by Crippen LogP contribution is -2.18. The Labute approximate surface area is 235 Å². The predicted octanol–water partition coefficient (Wildman–Crippen LogP) is 6.07. The van der Waals surface area contributed by atoms with Crippen LogP contribution in [0.25, 0.3) is 11.1 Å².